The van der Waals surface area contributed by atoms with Crippen molar-refractivity contribution in [1.29, 1.82) is 0 Å². The van der Waals surface area contributed by atoms with Gasteiger partial charge in [-0.2, -0.15) is 0 Å². The highest BCUT2D eigenvalue weighted by molar-refractivity contribution is 6.74. The lowest BCUT2D eigenvalue weighted by Gasteiger charge is -2.32. The maximum absolute atomic E-state index is 13.9. The van der Waals surface area contributed by atoms with Crippen molar-refractivity contribution in [3.05, 3.63) is 21.9 Å². The van der Waals surface area contributed by atoms with Crippen LogP contribution in [0.15, 0.2) is 6.07 Å². The van der Waals surface area contributed by atoms with Gasteiger partial charge < -0.3 is 9.16 Å². The second kappa shape index (κ2) is 8.99. The van der Waals surface area contributed by atoms with E-state index in [0.29, 0.717) is 5.75 Å². The normalized spacial score (nSPS) is 11.6. The molecule has 1 aromatic carbocycles. The monoisotopic (exact) mass is 366 g/mol. The number of methoxy groups -OCH3 is 1. The van der Waals surface area contributed by atoms with Crippen molar-refractivity contribution in [1.82, 2.24) is 0 Å². The van der Waals surface area contributed by atoms with Gasteiger partial charge in [-0.1, -0.05) is 63.2 Å². The molecule has 0 saturated carbocycles. The van der Waals surface area contributed by atoms with Crippen LogP contribution in [0.2, 0.25) is 28.2 Å². The Morgan fingerprint density at radius 3 is 1.86 bits per heavy atom. The SMILES string of the molecule is CCC[Si](CCC)(CCC)Oc1cc(OC)c(F)c(Cl)c1Cl. The van der Waals surface area contributed by atoms with E-state index in [2.05, 4.69) is 20.8 Å². The molecule has 0 saturated heterocycles. The maximum atomic E-state index is 13.9. The van der Waals surface area contributed by atoms with Crippen molar-refractivity contribution in [2.24, 2.45) is 0 Å². The summed E-state index contributed by atoms with van der Waals surface area (Å²) in [7, 11) is -0.561. The molecule has 22 heavy (non-hydrogen) atoms. The van der Waals surface area contributed by atoms with Gasteiger partial charge in [0, 0.05) is 6.07 Å². The highest BCUT2D eigenvalue weighted by Crippen LogP contribution is 2.42. The standard InChI is InChI=1S/C16H25Cl2FO2Si/c1-5-8-22(9-6-2,10-7-3)21-12-11-13(20-4)16(19)15(18)14(12)17/h11H,5-10H2,1-4H3. The molecule has 0 amide bonds. The third kappa shape index (κ3) is 4.53. The van der Waals surface area contributed by atoms with Crippen LogP contribution in [0.5, 0.6) is 11.5 Å². The van der Waals surface area contributed by atoms with Gasteiger partial charge in [-0.25, -0.2) is 4.39 Å². The van der Waals surface area contributed by atoms with Crippen molar-refractivity contribution >= 4 is 31.5 Å². The van der Waals surface area contributed by atoms with Crippen molar-refractivity contribution in [3.63, 3.8) is 0 Å². The highest BCUT2D eigenvalue weighted by atomic mass is 35.5. The number of ether oxygens (including phenoxy) is 1. The molecule has 0 aliphatic rings. The van der Waals surface area contributed by atoms with E-state index in [-0.39, 0.29) is 15.8 Å². The zero-order valence-corrected chi connectivity index (χ0v) is 16.3. The van der Waals surface area contributed by atoms with Crippen LogP contribution in [0, 0.1) is 5.82 Å². The van der Waals surface area contributed by atoms with Crippen LogP contribution >= 0.6 is 23.2 Å². The first-order valence-electron chi connectivity index (χ1n) is 7.85. The number of hydrogen-bond donors (Lipinski definition) is 0. The summed E-state index contributed by atoms with van der Waals surface area (Å²) < 4.78 is 25.4. The Morgan fingerprint density at radius 2 is 1.45 bits per heavy atom. The minimum absolute atomic E-state index is 0.0665. The van der Waals surface area contributed by atoms with Crippen molar-refractivity contribution < 1.29 is 13.6 Å². The third-order valence-corrected chi connectivity index (χ3v) is 9.46. The zero-order chi connectivity index (χ0) is 16.8. The van der Waals surface area contributed by atoms with Crippen molar-refractivity contribution in [3.8, 4) is 11.5 Å². The molecule has 0 spiro atoms. The van der Waals surface area contributed by atoms with Crippen LogP contribution in [-0.2, 0) is 0 Å². The summed E-state index contributed by atoms with van der Waals surface area (Å²) in [5.41, 5.74) is 0. The van der Waals surface area contributed by atoms with Gasteiger partial charge in [0.1, 0.15) is 15.8 Å². The second-order valence-electron chi connectivity index (χ2n) is 5.55. The summed E-state index contributed by atoms with van der Waals surface area (Å²) in [6.45, 7) is 6.49. The fourth-order valence-corrected chi connectivity index (χ4v) is 7.75. The molecule has 1 aromatic rings. The molecule has 0 N–H and O–H groups in total. The highest BCUT2D eigenvalue weighted by Gasteiger charge is 2.35. The Morgan fingerprint density at radius 1 is 0.955 bits per heavy atom. The molecule has 0 unspecified atom stereocenters. The second-order valence-corrected chi connectivity index (χ2v) is 10.4. The predicted octanol–water partition coefficient (Wildman–Crippen LogP) is 6.70. The smallest absolute Gasteiger partial charge is 0.251 e. The Balaban J connectivity index is 3.24. The Hall–Kier alpha value is -0.453. The first kappa shape index (κ1) is 19.6. The largest absolute Gasteiger partial charge is 0.542 e. The van der Waals surface area contributed by atoms with E-state index in [1.807, 2.05) is 0 Å². The Labute approximate surface area is 144 Å². The van der Waals surface area contributed by atoms with Crippen LogP contribution in [0.1, 0.15) is 40.0 Å². The minimum atomic E-state index is -1.96. The van der Waals surface area contributed by atoms with Gasteiger partial charge in [0.15, 0.2) is 11.6 Å². The zero-order valence-electron chi connectivity index (χ0n) is 13.8. The number of halogens is 3. The maximum Gasteiger partial charge on any atom is 0.251 e. The van der Waals surface area contributed by atoms with Gasteiger partial charge in [0.05, 0.1) is 7.11 Å². The minimum Gasteiger partial charge on any atom is -0.542 e. The fourth-order valence-electron chi connectivity index (χ4n) is 2.91. The van der Waals surface area contributed by atoms with Gasteiger partial charge in [-0.05, 0) is 18.1 Å². The van der Waals surface area contributed by atoms with Gasteiger partial charge in [0.2, 0.25) is 0 Å². The molecule has 0 radical (unpaired) electrons. The summed E-state index contributed by atoms with van der Waals surface area (Å²) in [5.74, 6) is -0.126. The van der Waals surface area contributed by atoms with Crippen LogP contribution in [0.3, 0.4) is 0 Å². The average molecular weight is 367 g/mol. The van der Waals surface area contributed by atoms with E-state index in [4.69, 9.17) is 32.4 Å². The first-order valence-corrected chi connectivity index (χ1v) is 11.1. The predicted molar refractivity (Wildman–Crippen MR) is 94.6 cm³/mol. The third-order valence-electron chi connectivity index (χ3n) is 3.74. The van der Waals surface area contributed by atoms with E-state index in [9.17, 15) is 4.39 Å². The van der Waals surface area contributed by atoms with Crippen LogP contribution < -0.4 is 9.16 Å². The lowest BCUT2D eigenvalue weighted by molar-refractivity contribution is 0.383. The number of benzene rings is 1. The molecule has 0 bridgehead atoms. The average Bonchev–Trinajstić information content (AvgIpc) is 2.49. The molecule has 126 valence electrons. The van der Waals surface area contributed by atoms with E-state index in [1.165, 1.54) is 13.2 Å². The van der Waals surface area contributed by atoms with E-state index < -0.39 is 14.1 Å². The van der Waals surface area contributed by atoms with Crippen molar-refractivity contribution in [2.45, 2.75) is 58.2 Å². The van der Waals surface area contributed by atoms with Crippen molar-refractivity contribution in [2.75, 3.05) is 7.11 Å². The molecule has 0 aliphatic heterocycles. The van der Waals surface area contributed by atoms with E-state index in [1.54, 1.807) is 0 Å². The molecule has 6 heteroatoms. The fraction of sp³-hybridized carbons (Fsp3) is 0.625. The molecule has 0 aromatic heterocycles. The van der Waals surface area contributed by atoms with Gasteiger partial charge >= 0.3 is 0 Å². The summed E-state index contributed by atoms with van der Waals surface area (Å²) in [6, 6.07) is 4.69. The molecular formula is C16H25Cl2FO2Si. The van der Waals surface area contributed by atoms with Gasteiger partial charge in [-0.15, -0.1) is 0 Å². The van der Waals surface area contributed by atoms with Crippen LogP contribution in [-0.4, -0.2) is 15.4 Å². The molecule has 2 nitrogen and oxygen atoms in total. The lowest BCUT2D eigenvalue weighted by atomic mass is 10.3. The van der Waals surface area contributed by atoms with Gasteiger partial charge in [0.25, 0.3) is 8.32 Å². The molecule has 0 heterocycles. The number of rotatable bonds is 9. The van der Waals surface area contributed by atoms with E-state index in [0.717, 1.165) is 37.4 Å². The molecule has 0 aliphatic carbocycles. The van der Waals surface area contributed by atoms with E-state index >= 15 is 0 Å². The quantitative estimate of drug-likeness (QED) is 0.357. The Bertz CT molecular complexity index is 481. The molecular weight excluding hydrogens is 342 g/mol. The summed E-state index contributed by atoms with van der Waals surface area (Å²) >= 11 is 12.2. The lowest BCUT2D eigenvalue weighted by Crippen LogP contribution is -2.41. The summed E-state index contributed by atoms with van der Waals surface area (Å²) in [4.78, 5) is 0. The number of hydrogen-bond acceptors (Lipinski definition) is 2. The Kier molecular flexibility index (Phi) is 8.01. The first-order chi connectivity index (χ1) is 10.4. The van der Waals surface area contributed by atoms with Gasteiger partial charge in [-0.3, -0.25) is 0 Å². The molecule has 1 rings (SSSR count). The summed E-state index contributed by atoms with van der Waals surface area (Å²) in [5, 5.41) is 0.00330. The van der Waals surface area contributed by atoms with Crippen LogP contribution in [0.4, 0.5) is 4.39 Å². The molecule has 0 fully saturated rings. The van der Waals surface area contributed by atoms with Crippen LogP contribution in [0.25, 0.3) is 0 Å². The summed E-state index contributed by atoms with van der Waals surface area (Å²) in [6.07, 6.45) is 3.20. The molecule has 0 atom stereocenters. The topological polar surface area (TPSA) is 18.5 Å².